The molecule has 0 saturated carbocycles. The number of anilines is 2. The SMILES string of the molecule is CCC1CN(C)CCCN1c1cccc(N)c1. The third kappa shape index (κ3) is 2.91. The summed E-state index contributed by atoms with van der Waals surface area (Å²) < 4.78 is 0. The van der Waals surface area contributed by atoms with Gasteiger partial charge in [-0.15, -0.1) is 0 Å². The van der Waals surface area contributed by atoms with Gasteiger partial charge in [0, 0.05) is 30.5 Å². The number of nitrogens with two attached hydrogens (primary N) is 1. The second kappa shape index (κ2) is 5.41. The molecule has 1 aromatic carbocycles. The Bertz CT molecular complexity index is 364. The maximum Gasteiger partial charge on any atom is 0.0414 e. The van der Waals surface area contributed by atoms with Crippen LogP contribution in [0.2, 0.25) is 0 Å². The van der Waals surface area contributed by atoms with Crippen LogP contribution in [0.3, 0.4) is 0 Å². The highest BCUT2D eigenvalue weighted by Crippen LogP contribution is 2.23. The number of nitrogens with zero attached hydrogens (tertiary/aromatic N) is 2. The Balaban J connectivity index is 2.22. The summed E-state index contributed by atoms with van der Waals surface area (Å²) in [6.07, 6.45) is 2.40. The normalized spacial score (nSPS) is 22.5. The number of likely N-dealkylation sites (N-methyl/N-ethyl adjacent to an activating group) is 1. The Kier molecular flexibility index (Phi) is 3.89. The average molecular weight is 233 g/mol. The summed E-state index contributed by atoms with van der Waals surface area (Å²) in [4.78, 5) is 4.94. The van der Waals surface area contributed by atoms with E-state index in [2.05, 4.69) is 35.9 Å². The Hall–Kier alpha value is -1.22. The van der Waals surface area contributed by atoms with Crippen molar-refractivity contribution >= 4 is 11.4 Å². The van der Waals surface area contributed by atoms with E-state index in [4.69, 9.17) is 5.73 Å². The molecule has 3 heteroatoms. The summed E-state index contributed by atoms with van der Waals surface area (Å²) in [5.74, 6) is 0. The second-order valence-corrected chi connectivity index (χ2v) is 4.97. The van der Waals surface area contributed by atoms with Gasteiger partial charge in [0.15, 0.2) is 0 Å². The maximum absolute atomic E-state index is 5.88. The van der Waals surface area contributed by atoms with E-state index in [1.807, 2.05) is 12.1 Å². The lowest BCUT2D eigenvalue weighted by molar-refractivity contribution is 0.328. The van der Waals surface area contributed by atoms with Gasteiger partial charge in [0.05, 0.1) is 0 Å². The van der Waals surface area contributed by atoms with Crippen molar-refractivity contribution in [3.05, 3.63) is 24.3 Å². The molecule has 1 heterocycles. The van der Waals surface area contributed by atoms with Gasteiger partial charge in [-0.05, 0) is 44.6 Å². The molecule has 1 aliphatic rings. The number of hydrogen-bond acceptors (Lipinski definition) is 3. The van der Waals surface area contributed by atoms with Gasteiger partial charge in [0.2, 0.25) is 0 Å². The van der Waals surface area contributed by atoms with E-state index in [1.54, 1.807) is 0 Å². The van der Waals surface area contributed by atoms with Gasteiger partial charge in [0.25, 0.3) is 0 Å². The van der Waals surface area contributed by atoms with Gasteiger partial charge in [-0.3, -0.25) is 0 Å². The standard InChI is InChI=1S/C14H23N3/c1-3-13-11-16(2)8-5-9-17(13)14-7-4-6-12(15)10-14/h4,6-7,10,13H,3,5,8-9,11,15H2,1-2H3. The molecule has 0 bridgehead atoms. The fourth-order valence-electron chi connectivity index (χ4n) is 2.64. The van der Waals surface area contributed by atoms with Crippen molar-refractivity contribution in [1.82, 2.24) is 4.90 Å². The van der Waals surface area contributed by atoms with E-state index in [0.29, 0.717) is 6.04 Å². The number of nitrogen functional groups attached to an aromatic ring is 1. The molecule has 3 nitrogen and oxygen atoms in total. The molecule has 0 aliphatic carbocycles. The number of rotatable bonds is 2. The van der Waals surface area contributed by atoms with Crippen molar-refractivity contribution in [2.45, 2.75) is 25.8 Å². The van der Waals surface area contributed by atoms with Crippen molar-refractivity contribution in [2.75, 3.05) is 37.3 Å². The lowest BCUT2D eigenvalue weighted by Crippen LogP contribution is -2.39. The summed E-state index contributed by atoms with van der Waals surface area (Å²) >= 11 is 0. The largest absolute Gasteiger partial charge is 0.399 e. The predicted octanol–water partition coefficient (Wildman–Crippen LogP) is 2.19. The first-order valence-corrected chi connectivity index (χ1v) is 6.51. The highest BCUT2D eigenvalue weighted by atomic mass is 15.2. The molecule has 1 atom stereocenters. The third-order valence-corrected chi connectivity index (χ3v) is 3.58. The van der Waals surface area contributed by atoms with Crippen molar-refractivity contribution in [3.63, 3.8) is 0 Å². The van der Waals surface area contributed by atoms with E-state index in [9.17, 15) is 0 Å². The van der Waals surface area contributed by atoms with Crippen LogP contribution in [0, 0.1) is 0 Å². The van der Waals surface area contributed by atoms with Gasteiger partial charge in [-0.25, -0.2) is 0 Å². The van der Waals surface area contributed by atoms with Crippen LogP contribution >= 0.6 is 0 Å². The molecule has 1 saturated heterocycles. The highest BCUT2D eigenvalue weighted by molar-refractivity contribution is 5.56. The van der Waals surface area contributed by atoms with Crippen molar-refractivity contribution < 1.29 is 0 Å². The Labute approximate surface area is 104 Å². The zero-order valence-electron chi connectivity index (χ0n) is 10.9. The van der Waals surface area contributed by atoms with Crippen LogP contribution in [0.1, 0.15) is 19.8 Å². The lowest BCUT2D eigenvalue weighted by atomic mass is 10.1. The van der Waals surface area contributed by atoms with Crippen LogP contribution in [-0.2, 0) is 0 Å². The first kappa shape index (κ1) is 12.2. The number of hydrogen-bond donors (Lipinski definition) is 1. The van der Waals surface area contributed by atoms with E-state index in [0.717, 1.165) is 18.8 Å². The van der Waals surface area contributed by atoms with Crippen LogP contribution in [0.5, 0.6) is 0 Å². The van der Waals surface area contributed by atoms with Crippen molar-refractivity contribution in [2.24, 2.45) is 0 Å². The minimum atomic E-state index is 0.601. The summed E-state index contributed by atoms with van der Waals surface area (Å²) in [5, 5.41) is 0. The average Bonchev–Trinajstić information content (AvgIpc) is 2.50. The summed E-state index contributed by atoms with van der Waals surface area (Å²) in [6.45, 7) is 5.73. The van der Waals surface area contributed by atoms with Gasteiger partial charge < -0.3 is 15.5 Å². The Morgan fingerprint density at radius 1 is 1.35 bits per heavy atom. The van der Waals surface area contributed by atoms with Crippen LogP contribution in [0.25, 0.3) is 0 Å². The van der Waals surface area contributed by atoms with Crippen LogP contribution in [0.4, 0.5) is 11.4 Å². The van der Waals surface area contributed by atoms with Gasteiger partial charge in [0.1, 0.15) is 0 Å². The molecule has 1 unspecified atom stereocenters. The van der Waals surface area contributed by atoms with Crippen molar-refractivity contribution in [3.8, 4) is 0 Å². The fourth-order valence-corrected chi connectivity index (χ4v) is 2.64. The predicted molar refractivity (Wildman–Crippen MR) is 74.4 cm³/mol. The zero-order chi connectivity index (χ0) is 12.3. The molecule has 1 aromatic rings. The molecule has 0 aromatic heterocycles. The molecular formula is C14H23N3. The van der Waals surface area contributed by atoms with Gasteiger partial charge >= 0.3 is 0 Å². The molecule has 17 heavy (non-hydrogen) atoms. The van der Waals surface area contributed by atoms with Crippen LogP contribution in [0.15, 0.2) is 24.3 Å². The molecule has 1 aliphatic heterocycles. The zero-order valence-corrected chi connectivity index (χ0v) is 10.9. The summed E-state index contributed by atoms with van der Waals surface area (Å²) in [5.41, 5.74) is 8.01. The van der Waals surface area contributed by atoms with Gasteiger partial charge in [-0.2, -0.15) is 0 Å². The summed E-state index contributed by atoms with van der Waals surface area (Å²) in [7, 11) is 2.21. The second-order valence-electron chi connectivity index (χ2n) is 4.97. The molecule has 94 valence electrons. The van der Waals surface area contributed by atoms with E-state index < -0.39 is 0 Å². The molecule has 0 radical (unpaired) electrons. The molecule has 2 rings (SSSR count). The van der Waals surface area contributed by atoms with E-state index in [1.165, 1.54) is 25.1 Å². The first-order chi connectivity index (χ1) is 8.20. The Morgan fingerprint density at radius 2 is 2.18 bits per heavy atom. The van der Waals surface area contributed by atoms with E-state index in [-0.39, 0.29) is 0 Å². The van der Waals surface area contributed by atoms with Crippen LogP contribution < -0.4 is 10.6 Å². The van der Waals surface area contributed by atoms with Gasteiger partial charge in [-0.1, -0.05) is 13.0 Å². The molecule has 0 spiro atoms. The summed E-state index contributed by atoms with van der Waals surface area (Å²) in [6, 6.07) is 8.86. The smallest absolute Gasteiger partial charge is 0.0414 e. The molecule has 1 fully saturated rings. The minimum Gasteiger partial charge on any atom is -0.399 e. The Morgan fingerprint density at radius 3 is 2.88 bits per heavy atom. The lowest BCUT2D eigenvalue weighted by Gasteiger charge is -2.32. The first-order valence-electron chi connectivity index (χ1n) is 6.51. The highest BCUT2D eigenvalue weighted by Gasteiger charge is 2.22. The van der Waals surface area contributed by atoms with Crippen LogP contribution in [-0.4, -0.2) is 37.6 Å². The topological polar surface area (TPSA) is 32.5 Å². The quantitative estimate of drug-likeness (QED) is 0.795. The molecule has 0 amide bonds. The number of benzene rings is 1. The van der Waals surface area contributed by atoms with E-state index >= 15 is 0 Å². The molecule has 2 N–H and O–H groups in total. The third-order valence-electron chi connectivity index (χ3n) is 3.58. The fraction of sp³-hybridized carbons (Fsp3) is 0.571. The molecular weight excluding hydrogens is 210 g/mol. The van der Waals surface area contributed by atoms with Crippen molar-refractivity contribution in [1.29, 1.82) is 0 Å². The monoisotopic (exact) mass is 233 g/mol. The minimum absolute atomic E-state index is 0.601. The maximum atomic E-state index is 5.88.